The van der Waals surface area contributed by atoms with Crippen LogP contribution in [0.3, 0.4) is 0 Å². The average molecular weight is 627 g/mol. The first kappa shape index (κ1) is 26.4. The predicted molar refractivity (Wildman–Crippen MR) is 201 cm³/mol. The summed E-state index contributed by atoms with van der Waals surface area (Å²) in [5, 5.41) is 8.03. The van der Waals surface area contributed by atoms with Gasteiger partial charge in [0.15, 0.2) is 5.58 Å². The van der Waals surface area contributed by atoms with Crippen molar-refractivity contribution in [3.05, 3.63) is 158 Å². The van der Waals surface area contributed by atoms with Crippen molar-refractivity contribution in [1.29, 1.82) is 0 Å². The summed E-state index contributed by atoms with van der Waals surface area (Å²) in [5.74, 6) is 0.611. The number of para-hydroxylation sites is 3. The SMILES string of the molecule is c1ccc(-c2nc(-n3c4ccccc4c4c5c6ccccc6n(-c6ccccc6)c5ccc43)nc3c2oc2cc4ccccc4cc23)cc1. The molecule has 0 fully saturated rings. The smallest absolute Gasteiger partial charge is 0.236 e. The molecule has 0 bridgehead atoms. The Morgan fingerprint density at radius 3 is 1.73 bits per heavy atom. The second kappa shape index (κ2) is 9.89. The van der Waals surface area contributed by atoms with Gasteiger partial charge in [0.2, 0.25) is 5.95 Å². The highest BCUT2D eigenvalue weighted by molar-refractivity contribution is 6.29. The number of nitrogens with zero attached hydrogens (tertiary/aromatic N) is 4. The van der Waals surface area contributed by atoms with Gasteiger partial charge >= 0.3 is 0 Å². The monoisotopic (exact) mass is 626 g/mol. The number of hydrogen-bond acceptors (Lipinski definition) is 3. The van der Waals surface area contributed by atoms with E-state index in [2.05, 4.69) is 149 Å². The van der Waals surface area contributed by atoms with E-state index in [1.807, 2.05) is 18.2 Å². The molecule has 4 aromatic heterocycles. The van der Waals surface area contributed by atoms with Gasteiger partial charge < -0.3 is 8.98 Å². The van der Waals surface area contributed by atoms with Crippen LogP contribution >= 0.6 is 0 Å². The molecule has 0 N–H and O–H groups in total. The molecule has 11 rings (SSSR count). The summed E-state index contributed by atoms with van der Waals surface area (Å²) in [7, 11) is 0. The van der Waals surface area contributed by atoms with Crippen LogP contribution in [-0.4, -0.2) is 19.1 Å². The molecule has 0 spiro atoms. The lowest BCUT2D eigenvalue weighted by Gasteiger charge is -2.10. The number of furan rings is 1. The number of aromatic nitrogens is 4. The molecule has 11 aromatic rings. The van der Waals surface area contributed by atoms with Crippen molar-refractivity contribution < 1.29 is 4.42 Å². The third-order valence-electron chi connectivity index (χ3n) is 9.90. The highest BCUT2D eigenvalue weighted by Gasteiger charge is 2.24. The second-order valence-corrected chi connectivity index (χ2v) is 12.6. The first-order valence-electron chi connectivity index (χ1n) is 16.5. The summed E-state index contributed by atoms with van der Waals surface area (Å²) in [6, 6.07) is 55.4. The van der Waals surface area contributed by atoms with Crippen molar-refractivity contribution in [2.24, 2.45) is 0 Å². The van der Waals surface area contributed by atoms with Gasteiger partial charge in [0.25, 0.3) is 0 Å². The van der Waals surface area contributed by atoms with E-state index in [-0.39, 0.29) is 0 Å². The van der Waals surface area contributed by atoms with Crippen molar-refractivity contribution in [3.63, 3.8) is 0 Å². The molecule has 4 heterocycles. The van der Waals surface area contributed by atoms with Crippen LogP contribution < -0.4 is 0 Å². The molecular weight excluding hydrogens is 601 g/mol. The summed E-state index contributed by atoms with van der Waals surface area (Å²) < 4.78 is 11.2. The van der Waals surface area contributed by atoms with Gasteiger partial charge in [-0.3, -0.25) is 4.57 Å². The lowest BCUT2D eigenvalue weighted by Crippen LogP contribution is -2.02. The van der Waals surface area contributed by atoms with Crippen LogP contribution in [0, 0.1) is 0 Å². The maximum absolute atomic E-state index is 6.61. The zero-order chi connectivity index (χ0) is 32.1. The fraction of sp³-hybridized carbons (Fsp3) is 0. The lowest BCUT2D eigenvalue weighted by atomic mass is 10.1. The van der Waals surface area contributed by atoms with Crippen LogP contribution in [0.25, 0.3) is 99.3 Å². The van der Waals surface area contributed by atoms with Gasteiger partial charge in [-0.05, 0) is 59.3 Å². The zero-order valence-electron chi connectivity index (χ0n) is 26.2. The molecule has 0 amide bonds. The molecule has 0 aliphatic rings. The molecule has 5 heteroatoms. The minimum absolute atomic E-state index is 0.611. The predicted octanol–water partition coefficient (Wildman–Crippen LogP) is 11.4. The largest absolute Gasteiger partial charge is 0.452 e. The summed E-state index contributed by atoms with van der Waals surface area (Å²) in [5.41, 5.74) is 9.63. The summed E-state index contributed by atoms with van der Waals surface area (Å²) in [4.78, 5) is 10.7. The maximum Gasteiger partial charge on any atom is 0.236 e. The summed E-state index contributed by atoms with van der Waals surface area (Å²) >= 11 is 0. The number of benzene rings is 7. The van der Waals surface area contributed by atoms with Crippen molar-refractivity contribution in [2.45, 2.75) is 0 Å². The molecule has 228 valence electrons. The Labute approximate surface area is 279 Å². The van der Waals surface area contributed by atoms with Crippen LogP contribution in [0.2, 0.25) is 0 Å². The molecule has 0 radical (unpaired) electrons. The molecule has 0 saturated heterocycles. The van der Waals surface area contributed by atoms with E-state index in [0.717, 1.165) is 66.1 Å². The van der Waals surface area contributed by atoms with E-state index >= 15 is 0 Å². The molecular formula is C44H26N4O. The van der Waals surface area contributed by atoms with Gasteiger partial charge in [-0.25, -0.2) is 9.97 Å². The highest BCUT2D eigenvalue weighted by atomic mass is 16.3. The van der Waals surface area contributed by atoms with Crippen LogP contribution in [0.1, 0.15) is 0 Å². The van der Waals surface area contributed by atoms with Crippen LogP contribution in [0.5, 0.6) is 0 Å². The Morgan fingerprint density at radius 1 is 0.449 bits per heavy atom. The Morgan fingerprint density at radius 2 is 1.02 bits per heavy atom. The van der Waals surface area contributed by atoms with Crippen molar-refractivity contribution in [1.82, 2.24) is 19.1 Å². The zero-order valence-corrected chi connectivity index (χ0v) is 26.2. The standard InChI is InChI=1S/C44H26N4O/c1-3-13-27(14-4-1)41-43-42(33-25-28-15-7-8-16-29(28)26-38(33)49-43)46-44(45-41)48-35-22-12-10-20-32(35)40-37(48)24-23-36-39(40)31-19-9-11-21-34(31)47(36)30-17-5-2-6-18-30/h1-26H. The van der Waals surface area contributed by atoms with Crippen molar-refractivity contribution in [2.75, 3.05) is 0 Å². The van der Waals surface area contributed by atoms with E-state index in [0.29, 0.717) is 11.5 Å². The van der Waals surface area contributed by atoms with Gasteiger partial charge in [0.05, 0.1) is 22.1 Å². The lowest BCUT2D eigenvalue weighted by molar-refractivity contribution is 0.667. The molecule has 0 unspecified atom stereocenters. The van der Waals surface area contributed by atoms with Crippen LogP contribution in [-0.2, 0) is 0 Å². The third-order valence-corrected chi connectivity index (χ3v) is 9.90. The van der Waals surface area contributed by atoms with E-state index in [4.69, 9.17) is 14.4 Å². The fourth-order valence-corrected chi connectivity index (χ4v) is 7.80. The first-order chi connectivity index (χ1) is 24.3. The number of hydrogen-bond donors (Lipinski definition) is 0. The highest BCUT2D eigenvalue weighted by Crippen LogP contribution is 2.43. The minimum Gasteiger partial charge on any atom is -0.452 e. The minimum atomic E-state index is 0.611. The molecule has 0 aliphatic carbocycles. The third kappa shape index (κ3) is 3.70. The van der Waals surface area contributed by atoms with E-state index in [9.17, 15) is 0 Å². The normalized spacial score (nSPS) is 12.1. The van der Waals surface area contributed by atoms with Gasteiger partial charge in [0.1, 0.15) is 16.8 Å². The molecule has 0 aliphatic heterocycles. The quantitative estimate of drug-likeness (QED) is 0.196. The van der Waals surface area contributed by atoms with Gasteiger partial charge in [-0.2, -0.15) is 0 Å². The Hall–Kier alpha value is -6.72. The van der Waals surface area contributed by atoms with Crippen LogP contribution in [0.15, 0.2) is 162 Å². The fourth-order valence-electron chi connectivity index (χ4n) is 7.80. The van der Waals surface area contributed by atoms with Gasteiger partial charge in [-0.15, -0.1) is 0 Å². The second-order valence-electron chi connectivity index (χ2n) is 12.6. The molecule has 49 heavy (non-hydrogen) atoms. The van der Waals surface area contributed by atoms with Crippen molar-refractivity contribution >= 4 is 76.5 Å². The molecule has 5 nitrogen and oxygen atoms in total. The first-order valence-corrected chi connectivity index (χ1v) is 16.5. The number of rotatable bonds is 3. The van der Waals surface area contributed by atoms with Crippen LogP contribution in [0.4, 0.5) is 0 Å². The van der Waals surface area contributed by atoms with E-state index < -0.39 is 0 Å². The molecule has 0 saturated carbocycles. The topological polar surface area (TPSA) is 48.8 Å². The Kier molecular flexibility index (Phi) is 5.32. The van der Waals surface area contributed by atoms with Gasteiger partial charge in [-0.1, -0.05) is 109 Å². The number of fused-ring (bicyclic) bond motifs is 11. The summed E-state index contributed by atoms with van der Waals surface area (Å²) in [6.07, 6.45) is 0. The Balaban J connectivity index is 1.29. The van der Waals surface area contributed by atoms with E-state index in [1.165, 1.54) is 21.7 Å². The van der Waals surface area contributed by atoms with Crippen molar-refractivity contribution in [3.8, 4) is 22.9 Å². The molecule has 0 atom stereocenters. The summed E-state index contributed by atoms with van der Waals surface area (Å²) in [6.45, 7) is 0. The molecule has 7 aromatic carbocycles. The average Bonchev–Trinajstić information content (AvgIpc) is 3.81. The maximum atomic E-state index is 6.61. The van der Waals surface area contributed by atoms with Gasteiger partial charge in [0, 0.05) is 38.2 Å². The Bertz CT molecular complexity index is 3100. The van der Waals surface area contributed by atoms with E-state index in [1.54, 1.807) is 0 Å².